The van der Waals surface area contributed by atoms with Crippen LogP contribution in [0, 0.1) is 13.8 Å². The molecule has 0 radical (unpaired) electrons. The maximum atomic E-state index is 12.3. The maximum absolute atomic E-state index is 12.3. The summed E-state index contributed by atoms with van der Waals surface area (Å²) in [4.78, 5) is 12.3. The molecule has 1 aromatic carbocycles. The van der Waals surface area contributed by atoms with Crippen LogP contribution >= 0.6 is 0 Å². The van der Waals surface area contributed by atoms with Gasteiger partial charge in [-0.1, -0.05) is 37.5 Å². The van der Waals surface area contributed by atoms with Crippen molar-refractivity contribution in [3.8, 4) is 0 Å². The molecule has 0 saturated heterocycles. The van der Waals surface area contributed by atoms with Gasteiger partial charge in [0.25, 0.3) is 0 Å². The number of unbranched alkanes of at least 4 members (excludes halogenated alkanes) is 2. The zero-order chi connectivity index (χ0) is 13.5. The lowest BCUT2D eigenvalue weighted by Gasteiger charge is -2.14. The maximum Gasteiger partial charge on any atom is 0.191 e. The monoisotopic (exact) mass is 248 g/mol. The van der Waals surface area contributed by atoms with Crippen LogP contribution in [0.3, 0.4) is 0 Å². The molecule has 0 amide bonds. The van der Waals surface area contributed by atoms with E-state index in [9.17, 15) is 4.79 Å². The molecule has 0 N–H and O–H groups in total. The summed E-state index contributed by atoms with van der Waals surface area (Å²) in [7, 11) is 0. The van der Waals surface area contributed by atoms with Gasteiger partial charge in [0, 0.05) is 12.2 Å². The first-order valence-electron chi connectivity index (χ1n) is 6.79. The van der Waals surface area contributed by atoms with E-state index < -0.39 is 0 Å². The van der Waals surface area contributed by atoms with Gasteiger partial charge in [-0.05, 0) is 38.8 Å². The lowest BCUT2D eigenvalue weighted by atomic mass is 9.99. The highest BCUT2D eigenvalue weighted by Gasteiger charge is 2.17. The van der Waals surface area contributed by atoms with Crippen LogP contribution in [0.25, 0.3) is 0 Å². The highest BCUT2D eigenvalue weighted by Crippen LogP contribution is 2.14. The average Bonchev–Trinajstić information content (AvgIpc) is 2.36. The molecule has 0 aliphatic rings. The molecule has 1 rings (SSSR count). The van der Waals surface area contributed by atoms with Crippen LogP contribution < -0.4 is 0 Å². The number of carbonyl (C=O) groups excluding carboxylic acids is 1. The van der Waals surface area contributed by atoms with Crippen molar-refractivity contribution in [1.29, 1.82) is 0 Å². The SMILES string of the molecule is CCCCCOC(C)C(=O)c1cc(C)ccc1C. The number of ether oxygens (including phenoxy) is 1. The first-order chi connectivity index (χ1) is 8.56. The van der Waals surface area contributed by atoms with E-state index in [0.717, 1.165) is 29.5 Å². The topological polar surface area (TPSA) is 26.3 Å². The Labute approximate surface area is 110 Å². The standard InChI is InChI=1S/C16H24O2/c1-5-6-7-10-18-14(4)16(17)15-11-12(2)8-9-13(15)3/h8-9,11,14H,5-7,10H2,1-4H3. The number of hydrogen-bond donors (Lipinski definition) is 0. The summed E-state index contributed by atoms with van der Waals surface area (Å²) in [6.07, 6.45) is 3.01. The van der Waals surface area contributed by atoms with Gasteiger partial charge < -0.3 is 4.74 Å². The summed E-state index contributed by atoms with van der Waals surface area (Å²) in [6.45, 7) is 8.64. The molecule has 1 aromatic rings. The normalized spacial score (nSPS) is 12.4. The smallest absolute Gasteiger partial charge is 0.191 e. The minimum absolute atomic E-state index is 0.0905. The molecule has 0 heterocycles. The third-order valence-electron chi connectivity index (χ3n) is 3.14. The number of benzene rings is 1. The zero-order valence-electron chi connectivity index (χ0n) is 12.0. The molecule has 0 spiro atoms. The van der Waals surface area contributed by atoms with Gasteiger partial charge in [-0.25, -0.2) is 0 Å². The van der Waals surface area contributed by atoms with Crippen LogP contribution in [0.2, 0.25) is 0 Å². The van der Waals surface area contributed by atoms with E-state index in [1.165, 1.54) is 6.42 Å². The van der Waals surface area contributed by atoms with Gasteiger partial charge in [-0.3, -0.25) is 4.79 Å². The predicted molar refractivity (Wildman–Crippen MR) is 75.2 cm³/mol. The molecule has 0 bridgehead atoms. The van der Waals surface area contributed by atoms with Gasteiger partial charge in [-0.15, -0.1) is 0 Å². The fourth-order valence-corrected chi connectivity index (χ4v) is 1.91. The second-order valence-electron chi connectivity index (χ2n) is 4.90. The molecule has 0 aromatic heterocycles. The minimum atomic E-state index is -0.345. The lowest BCUT2D eigenvalue weighted by Crippen LogP contribution is -2.22. The second kappa shape index (κ2) is 7.32. The number of rotatable bonds is 7. The Morgan fingerprint density at radius 3 is 2.67 bits per heavy atom. The summed E-state index contributed by atoms with van der Waals surface area (Å²) < 4.78 is 5.61. The van der Waals surface area contributed by atoms with Crippen molar-refractivity contribution >= 4 is 5.78 Å². The summed E-state index contributed by atoms with van der Waals surface area (Å²) in [5.74, 6) is 0.0905. The van der Waals surface area contributed by atoms with Gasteiger partial charge in [-0.2, -0.15) is 0 Å². The van der Waals surface area contributed by atoms with Crippen LogP contribution in [0.4, 0.5) is 0 Å². The summed E-state index contributed by atoms with van der Waals surface area (Å²) in [5.41, 5.74) is 2.93. The number of hydrogen-bond acceptors (Lipinski definition) is 2. The lowest BCUT2D eigenvalue weighted by molar-refractivity contribution is 0.0464. The molecule has 0 saturated carbocycles. The van der Waals surface area contributed by atoms with Gasteiger partial charge in [0.15, 0.2) is 5.78 Å². The van der Waals surface area contributed by atoms with E-state index in [1.54, 1.807) is 0 Å². The second-order valence-corrected chi connectivity index (χ2v) is 4.90. The quantitative estimate of drug-likeness (QED) is 0.537. The molecule has 2 heteroatoms. The van der Waals surface area contributed by atoms with E-state index in [-0.39, 0.29) is 11.9 Å². The summed E-state index contributed by atoms with van der Waals surface area (Å²) >= 11 is 0. The van der Waals surface area contributed by atoms with Crippen LogP contribution in [-0.2, 0) is 4.74 Å². The first-order valence-corrected chi connectivity index (χ1v) is 6.79. The largest absolute Gasteiger partial charge is 0.370 e. The molecule has 0 fully saturated rings. The molecular formula is C16H24O2. The van der Waals surface area contributed by atoms with Crippen molar-refractivity contribution in [2.45, 2.75) is 53.1 Å². The van der Waals surface area contributed by atoms with Gasteiger partial charge in [0.05, 0.1) is 0 Å². The Morgan fingerprint density at radius 1 is 1.28 bits per heavy atom. The molecular weight excluding hydrogens is 224 g/mol. The third kappa shape index (κ3) is 4.26. The minimum Gasteiger partial charge on any atom is -0.370 e. The Morgan fingerprint density at radius 2 is 2.00 bits per heavy atom. The fourth-order valence-electron chi connectivity index (χ4n) is 1.91. The highest BCUT2D eigenvalue weighted by atomic mass is 16.5. The summed E-state index contributed by atoms with van der Waals surface area (Å²) in [6, 6.07) is 5.97. The Hall–Kier alpha value is -1.15. The molecule has 18 heavy (non-hydrogen) atoms. The van der Waals surface area contributed by atoms with Crippen molar-refractivity contribution in [1.82, 2.24) is 0 Å². The average molecular weight is 248 g/mol. The van der Waals surface area contributed by atoms with E-state index in [2.05, 4.69) is 6.92 Å². The Bertz CT molecular complexity index is 396. The summed E-state index contributed by atoms with van der Waals surface area (Å²) in [5, 5.41) is 0. The van der Waals surface area contributed by atoms with Crippen LogP contribution in [0.15, 0.2) is 18.2 Å². The number of aryl methyl sites for hydroxylation is 2. The zero-order valence-corrected chi connectivity index (χ0v) is 12.0. The highest BCUT2D eigenvalue weighted by molar-refractivity contribution is 6.00. The number of Topliss-reactive ketones (excluding diaryl/α,β-unsaturated/α-hetero) is 1. The van der Waals surface area contributed by atoms with E-state index in [1.807, 2.05) is 39.0 Å². The molecule has 0 aliphatic heterocycles. The van der Waals surface area contributed by atoms with Crippen LogP contribution in [0.5, 0.6) is 0 Å². The van der Waals surface area contributed by atoms with Crippen molar-refractivity contribution in [3.05, 3.63) is 34.9 Å². The third-order valence-corrected chi connectivity index (χ3v) is 3.14. The van der Waals surface area contributed by atoms with Crippen molar-refractivity contribution in [2.24, 2.45) is 0 Å². The Kier molecular flexibility index (Phi) is 6.06. The van der Waals surface area contributed by atoms with E-state index >= 15 is 0 Å². The number of carbonyl (C=O) groups is 1. The van der Waals surface area contributed by atoms with Gasteiger partial charge in [0.1, 0.15) is 6.10 Å². The molecule has 1 unspecified atom stereocenters. The van der Waals surface area contributed by atoms with Crippen molar-refractivity contribution < 1.29 is 9.53 Å². The van der Waals surface area contributed by atoms with Gasteiger partial charge >= 0.3 is 0 Å². The van der Waals surface area contributed by atoms with Crippen molar-refractivity contribution in [2.75, 3.05) is 6.61 Å². The number of ketones is 1. The van der Waals surface area contributed by atoms with Crippen LogP contribution in [0.1, 0.15) is 54.6 Å². The predicted octanol–water partition coefficient (Wildman–Crippen LogP) is 4.08. The Balaban J connectivity index is 2.60. The van der Waals surface area contributed by atoms with E-state index in [4.69, 9.17) is 4.74 Å². The van der Waals surface area contributed by atoms with Crippen LogP contribution in [-0.4, -0.2) is 18.5 Å². The molecule has 100 valence electrons. The van der Waals surface area contributed by atoms with Crippen molar-refractivity contribution in [3.63, 3.8) is 0 Å². The molecule has 1 atom stereocenters. The van der Waals surface area contributed by atoms with Gasteiger partial charge in [0.2, 0.25) is 0 Å². The first kappa shape index (κ1) is 14.9. The fraction of sp³-hybridized carbons (Fsp3) is 0.562. The van der Waals surface area contributed by atoms with E-state index in [0.29, 0.717) is 6.61 Å². The molecule has 2 nitrogen and oxygen atoms in total. The molecule has 0 aliphatic carbocycles.